The van der Waals surface area contributed by atoms with E-state index >= 15 is 0 Å². The van der Waals surface area contributed by atoms with Crippen LogP contribution in [0.25, 0.3) is 0 Å². The van der Waals surface area contributed by atoms with Crippen LogP contribution in [0.4, 0.5) is 5.69 Å². The number of hydrogen-bond acceptors (Lipinski definition) is 4. The van der Waals surface area contributed by atoms with E-state index in [0.717, 1.165) is 64.9 Å². The highest BCUT2D eigenvalue weighted by molar-refractivity contribution is 7.92. The Kier molecular flexibility index (Phi) is 10.9. The SMILES string of the molecule is Cc1ccc(CN(C(=O)CN(c2ccc(C(C)(C)C)cc2)S(C)(=O)=O)[C@@H](Cc2ccccc2)C(=O)NC2CCCCC2)cc1. The van der Waals surface area contributed by atoms with Gasteiger partial charge in [0, 0.05) is 19.0 Å². The van der Waals surface area contributed by atoms with Crippen LogP contribution in [0.3, 0.4) is 0 Å². The maximum absolute atomic E-state index is 14.3. The van der Waals surface area contributed by atoms with Crippen molar-refractivity contribution in [1.82, 2.24) is 10.2 Å². The third-order valence-electron chi connectivity index (χ3n) is 8.40. The molecule has 4 rings (SSSR count). The molecule has 3 aromatic rings. The van der Waals surface area contributed by atoms with Crippen molar-refractivity contribution >= 4 is 27.5 Å². The average Bonchev–Trinajstić information content (AvgIpc) is 2.98. The van der Waals surface area contributed by atoms with Crippen LogP contribution < -0.4 is 9.62 Å². The van der Waals surface area contributed by atoms with Gasteiger partial charge >= 0.3 is 0 Å². The molecule has 0 spiro atoms. The van der Waals surface area contributed by atoms with Crippen molar-refractivity contribution in [3.63, 3.8) is 0 Å². The summed E-state index contributed by atoms with van der Waals surface area (Å²) < 4.78 is 27.3. The molecular formula is C36H47N3O4S. The van der Waals surface area contributed by atoms with E-state index in [2.05, 4.69) is 26.1 Å². The second-order valence-electron chi connectivity index (χ2n) is 13.1. The van der Waals surface area contributed by atoms with Crippen molar-refractivity contribution in [1.29, 1.82) is 0 Å². The zero-order valence-electron chi connectivity index (χ0n) is 26.8. The van der Waals surface area contributed by atoms with Gasteiger partial charge < -0.3 is 10.2 Å². The summed E-state index contributed by atoms with van der Waals surface area (Å²) in [5.74, 6) is -0.641. The molecule has 0 aliphatic heterocycles. The number of carbonyl (C=O) groups is 2. The fraction of sp³-hybridized carbons (Fsp3) is 0.444. The Labute approximate surface area is 263 Å². The minimum atomic E-state index is -3.82. The molecule has 0 unspecified atom stereocenters. The van der Waals surface area contributed by atoms with Gasteiger partial charge in [-0.25, -0.2) is 8.42 Å². The summed E-state index contributed by atoms with van der Waals surface area (Å²) in [5.41, 5.74) is 4.25. The van der Waals surface area contributed by atoms with E-state index in [9.17, 15) is 18.0 Å². The van der Waals surface area contributed by atoms with E-state index in [1.807, 2.05) is 73.7 Å². The molecule has 2 amide bonds. The molecule has 1 aliphatic carbocycles. The monoisotopic (exact) mass is 617 g/mol. The Morgan fingerprint density at radius 3 is 2.05 bits per heavy atom. The zero-order chi connectivity index (χ0) is 31.9. The summed E-state index contributed by atoms with van der Waals surface area (Å²) in [6, 6.07) is 24.1. The zero-order valence-corrected chi connectivity index (χ0v) is 27.6. The standard InChI is InChI=1S/C36H47N3O4S/c1-27-16-18-29(19-17-27)25-38(33(24-28-12-8-6-9-13-28)35(41)37-31-14-10-7-11-15-31)34(40)26-39(44(5,42)43)32-22-20-30(21-23-32)36(2,3)4/h6,8-9,12-13,16-23,31,33H,7,10-11,14-15,24-26H2,1-5H3,(H,37,41)/t33-/m0/s1. The summed E-state index contributed by atoms with van der Waals surface area (Å²) in [6.07, 6.45) is 6.56. The Morgan fingerprint density at radius 2 is 1.48 bits per heavy atom. The molecule has 1 atom stereocenters. The molecule has 0 heterocycles. The summed E-state index contributed by atoms with van der Waals surface area (Å²) >= 11 is 0. The van der Waals surface area contributed by atoms with Crippen LogP contribution in [0, 0.1) is 6.92 Å². The minimum absolute atomic E-state index is 0.0692. The van der Waals surface area contributed by atoms with Crippen LogP contribution in [0.2, 0.25) is 0 Å². The summed E-state index contributed by atoms with van der Waals surface area (Å²) in [6.45, 7) is 8.03. The first-order valence-corrected chi connectivity index (χ1v) is 17.4. The van der Waals surface area contributed by atoms with Crippen molar-refractivity contribution in [3.8, 4) is 0 Å². The smallest absolute Gasteiger partial charge is 0.244 e. The molecule has 0 bridgehead atoms. The van der Waals surface area contributed by atoms with Crippen molar-refractivity contribution in [2.45, 2.75) is 90.3 Å². The fourth-order valence-corrected chi connectivity index (χ4v) is 6.58. The minimum Gasteiger partial charge on any atom is -0.352 e. The molecule has 1 fully saturated rings. The Balaban J connectivity index is 1.71. The molecule has 3 aromatic carbocycles. The lowest BCUT2D eigenvalue weighted by Gasteiger charge is -2.35. The molecule has 0 saturated heterocycles. The third kappa shape index (κ3) is 9.18. The van der Waals surface area contributed by atoms with E-state index in [-0.39, 0.29) is 23.9 Å². The number of carbonyl (C=O) groups excluding carboxylic acids is 2. The number of anilines is 1. The number of rotatable bonds is 11. The first-order chi connectivity index (χ1) is 20.8. The van der Waals surface area contributed by atoms with Crippen LogP contribution in [0.15, 0.2) is 78.9 Å². The number of amides is 2. The molecule has 0 aromatic heterocycles. The number of nitrogens with one attached hydrogen (secondary N) is 1. The topological polar surface area (TPSA) is 86.8 Å². The van der Waals surface area contributed by atoms with Gasteiger partial charge in [-0.1, -0.05) is 112 Å². The van der Waals surface area contributed by atoms with Crippen molar-refractivity contribution in [3.05, 3.63) is 101 Å². The molecular weight excluding hydrogens is 570 g/mol. The fourth-order valence-electron chi connectivity index (χ4n) is 5.73. The molecule has 1 N–H and O–H groups in total. The van der Waals surface area contributed by atoms with Crippen LogP contribution in [0.5, 0.6) is 0 Å². The highest BCUT2D eigenvalue weighted by atomic mass is 32.2. The van der Waals surface area contributed by atoms with Gasteiger partial charge in [0.25, 0.3) is 0 Å². The van der Waals surface area contributed by atoms with Gasteiger partial charge in [0.1, 0.15) is 12.6 Å². The highest BCUT2D eigenvalue weighted by Gasteiger charge is 2.34. The highest BCUT2D eigenvalue weighted by Crippen LogP contribution is 2.27. The van der Waals surface area contributed by atoms with Gasteiger partial charge in [0.15, 0.2) is 0 Å². The first-order valence-electron chi connectivity index (χ1n) is 15.6. The van der Waals surface area contributed by atoms with E-state index in [1.54, 1.807) is 17.0 Å². The lowest BCUT2D eigenvalue weighted by Crippen LogP contribution is -2.55. The summed E-state index contributed by atoms with van der Waals surface area (Å²) in [5, 5.41) is 3.24. The van der Waals surface area contributed by atoms with Crippen molar-refractivity contribution in [2.75, 3.05) is 17.1 Å². The first kappa shape index (κ1) is 33.2. The van der Waals surface area contributed by atoms with E-state index < -0.39 is 28.5 Å². The lowest BCUT2D eigenvalue weighted by molar-refractivity contribution is -0.140. The van der Waals surface area contributed by atoms with Gasteiger partial charge in [-0.2, -0.15) is 0 Å². The predicted octanol–water partition coefficient (Wildman–Crippen LogP) is 6.15. The molecule has 1 aliphatic rings. The van der Waals surface area contributed by atoms with Gasteiger partial charge in [0.2, 0.25) is 21.8 Å². The number of sulfonamides is 1. The number of hydrogen-bond donors (Lipinski definition) is 1. The Bertz CT molecular complexity index is 1490. The molecule has 236 valence electrons. The summed E-state index contributed by atoms with van der Waals surface area (Å²) in [4.78, 5) is 30.0. The Hall–Kier alpha value is -3.65. The van der Waals surface area contributed by atoms with Crippen molar-refractivity contribution < 1.29 is 18.0 Å². The van der Waals surface area contributed by atoms with Crippen molar-refractivity contribution in [2.24, 2.45) is 0 Å². The number of nitrogens with zero attached hydrogens (tertiary/aromatic N) is 2. The van der Waals surface area contributed by atoms with Gasteiger partial charge in [-0.05, 0) is 54.0 Å². The maximum atomic E-state index is 14.3. The van der Waals surface area contributed by atoms with E-state index in [1.165, 1.54) is 0 Å². The normalized spacial score (nSPS) is 14.9. The van der Waals surface area contributed by atoms with Crippen LogP contribution in [-0.4, -0.2) is 50.0 Å². The molecule has 8 heteroatoms. The molecule has 44 heavy (non-hydrogen) atoms. The molecule has 7 nitrogen and oxygen atoms in total. The molecule has 1 saturated carbocycles. The maximum Gasteiger partial charge on any atom is 0.244 e. The quantitative estimate of drug-likeness (QED) is 0.280. The number of benzene rings is 3. The van der Waals surface area contributed by atoms with E-state index in [4.69, 9.17) is 0 Å². The predicted molar refractivity (Wildman–Crippen MR) is 178 cm³/mol. The lowest BCUT2D eigenvalue weighted by atomic mass is 9.87. The van der Waals surface area contributed by atoms with Gasteiger partial charge in [-0.15, -0.1) is 0 Å². The number of aryl methyl sites for hydroxylation is 1. The second kappa shape index (κ2) is 14.4. The van der Waals surface area contributed by atoms with Gasteiger partial charge in [-0.3, -0.25) is 13.9 Å². The average molecular weight is 618 g/mol. The van der Waals surface area contributed by atoms with Crippen LogP contribution in [0.1, 0.15) is 75.1 Å². The van der Waals surface area contributed by atoms with Crippen LogP contribution in [-0.2, 0) is 38.0 Å². The largest absolute Gasteiger partial charge is 0.352 e. The Morgan fingerprint density at radius 1 is 0.864 bits per heavy atom. The summed E-state index contributed by atoms with van der Waals surface area (Å²) in [7, 11) is -3.82. The molecule has 0 radical (unpaired) electrons. The third-order valence-corrected chi connectivity index (χ3v) is 9.54. The van der Waals surface area contributed by atoms with Crippen LogP contribution >= 0.6 is 0 Å². The second-order valence-corrected chi connectivity index (χ2v) is 15.0. The van der Waals surface area contributed by atoms with Gasteiger partial charge in [0.05, 0.1) is 11.9 Å². The van der Waals surface area contributed by atoms with E-state index in [0.29, 0.717) is 12.1 Å².